The van der Waals surface area contributed by atoms with Crippen molar-refractivity contribution in [2.45, 2.75) is 19.4 Å². The highest BCUT2D eigenvalue weighted by molar-refractivity contribution is 5.95. The molecule has 0 bridgehead atoms. The molecule has 0 fully saturated rings. The molecule has 1 heterocycles. The van der Waals surface area contributed by atoms with Crippen LogP contribution in [0.2, 0.25) is 0 Å². The van der Waals surface area contributed by atoms with Crippen LogP contribution in [0.15, 0.2) is 29.1 Å². The maximum Gasteiger partial charge on any atom is 0.270 e. The van der Waals surface area contributed by atoms with Crippen LogP contribution >= 0.6 is 0 Å². The van der Waals surface area contributed by atoms with Crippen LogP contribution in [0.4, 0.5) is 11.4 Å². The number of rotatable bonds is 6. The zero-order valence-electron chi connectivity index (χ0n) is 13.9. The van der Waals surface area contributed by atoms with Gasteiger partial charge in [0, 0.05) is 49.3 Å². The number of aromatic nitrogens is 1. The minimum atomic E-state index is -0.646. The predicted molar refractivity (Wildman–Crippen MR) is 95.4 cm³/mol. The third kappa shape index (κ3) is 3.95. The van der Waals surface area contributed by atoms with Gasteiger partial charge >= 0.3 is 0 Å². The number of pyridine rings is 1. The van der Waals surface area contributed by atoms with E-state index in [0.29, 0.717) is 29.6 Å². The van der Waals surface area contributed by atoms with Gasteiger partial charge in [0.15, 0.2) is 0 Å². The first-order valence-corrected chi connectivity index (χ1v) is 7.61. The topological polar surface area (TPSA) is 106 Å². The quantitative estimate of drug-likeness (QED) is 0.357. The van der Waals surface area contributed by atoms with Crippen LogP contribution < -0.4 is 16.2 Å². The van der Waals surface area contributed by atoms with E-state index in [1.54, 1.807) is 14.0 Å². The van der Waals surface area contributed by atoms with Crippen LogP contribution in [0.25, 0.3) is 10.9 Å². The van der Waals surface area contributed by atoms with Gasteiger partial charge in [-0.25, -0.2) is 0 Å². The second-order valence-electron chi connectivity index (χ2n) is 5.53. The van der Waals surface area contributed by atoms with E-state index in [1.165, 1.54) is 28.8 Å². The Bertz CT molecular complexity index is 927. The average Bonchev–Trinajstić information content (AvgIpc) is 2.58. The number of nitro groups is 1. The Labute approximate surface area is 144 Å². The summed E-state index contributed by atoms with van der Waals surface area (Å²) in [7, 11) is 1.58. The number of hydrogen-bond acceptors (Lipinski definition) is 5. The first-order chi connectivity index (χ1) is 11.8. The fourth-order valence-corrected chi connectivity index (χ4v) is 2.39. The molecule has 0 aliphatic rings. The number of carbonyl (C=O) groups is 1. The van der Waals surface area contributed by atoms with Gasteiger partial charge in [0.05, 0.1) is 10.4 Å². The van der Waals surface area contributed by atoms with E-state index in [0.717, 1.165) is 0 Å². The summed E-state index contributed by atoms with van der Waals surface area (Å²) in [6.07, 6.45) is 5.55. The molecule has 0 saturated heterocycles. The number of nitrogens with zero attached hydrogens (tertiary/aromatic N) is 2. The molecule has 25 heavy (non-hydrogen) atoms. The molecule has 2 rings (SSSR count). The predicted octanol–water partition coefficient (Wildman–Crippen LogP) is 1.39. The van der Waals surface area contributed by atoms with Crippen molar-refractivity contribution in [2.75, 3.05) is 11.9 Å². The molecular weight excluding hydrogens is 324 g/mol. The molecule has 130 valence electrons. The third-order valence-electron chi connectivity index (χ3n) is 3.77. The highest BCUT2D eigenvalue weighted by atomic mass is 16.6. The summed E-state index contributed by atoms with van der Waals surface area (Å²) in [5.74, 6) is 2.14. The minimum absolute atomic E-state index is 0.0969. The van der Waals surface area contributed by atoms with Gasteiger partial charge in [-0.3, -0.25) is 19.7 Å². The smallest absolute Gasteiger partial charge is 0.270 e. The molecule has 0 radical (unpaired) electrons. The van der Waals surface area contributed by atoms with Crippen LogP contribution in [0.3, 0.4) is 0 Å². The SMILES string of the molecule is C#CCCNC(=O)C(C)Nc1cc(=O)n(C)c2ccc([N+](=O)[O-])cc12. The van der Waals surface area contributed by atoms with Gasteiger partial charge in [-0.15, -0.1) is 12.3 Å². The molecule has 0 aliphatic heterocycles. The van der Waals surface area contributed by atoms with E-state index in [2.05, 4.69) is 16.6 Å². The molecular formula is C17H18N4O4. The number of amides is 1. The first-order valence-electron chi connectivity index (χ1n) is 7.61. The summed E-state index contributed by atoms with van der Waals surface area (Å²) >= 11 is 0. The fraction of sp³-hybridized carbons (Fsp3) is 0.294. The molecule has 0 saturated carbocycles. The number of fused-ring (bicyclic) bond motifs is 1. The molecule has 0 aliphatic carbocycles. The van der Waals surface area contributed by atoms with Gasteiger partial charge in [0.2, 0.25) is 5.91 Å². The van der Waals surface area contributed by atoms with E-state index in [-0.39, 0.29) is 17.2 Å². The maximum absolute atomic E-state index is 12.1. The number of terminal acetylenes is 1. The van der Waals surface area contributed by atoms with Gasteiger partial charge in [-0.05, 0) is 13.0 Å². The zero-order valence-corrected chi connectivity index (χ0v) is 13.9. The van der Waals surface area contributed by atoms with E-state index in [4.69, 9.17) is 6.42 Å². The van der Waals surface area contributed by atoms with Crippen LogP contribution in [-0.2, 0) is 11.8 Å². The number of nitrogens with one attached hydrogen (secondary N) is 2. The number of benzene rings is 1. The highest BCUT2D eigenvalue weighted by Crippen LogP contribution is 2.26. The highest BCUT2D eigenvalue weighted by Gasteiger charge is 2.16. The van der Waals surface area contributed by atoms with E-state index < -0.39 is 11.0 Å². The summed E-state index contributed by atoms with van der Waals surface area (Å²) in [6, 6.07) is 4.89. The lowest BCUT2D eigenvalue weighted by Crippen LogP contribution is -2.38. The Morgan fingerprint density at radius 1 is 1.44 bits per heavy atom. The van der Waals surface area contributed by atoms with Crippen LogP contribution in [0.1, 0.15) is 13.3 Å². The van der Waals surface area contributed by atoms with Crippen molar-refractivity contribution in [3.63, 3.8) is 0 Å². The average molecular weight is 342 g/mol. The van der Waals surface area contributed by atoms with Gasteiger partial charge in [0.25, 0.3) is 11.2 Å². The fourth-order valence-electron chi connectivity index (χ4n) is 2.39. The Morgan fingerprint density at radius 2 is 2.16 bits per heavy atom. The van der Waals surface area contributed by atoms with Crippen molar-refractivity contribution in [2.24, 2.45) is 7.05 Å². The Morgan fingerprint density at radius 3 is 2.80 bits per heavy atom. The summed E-state index contributed by atoms with van der Waals surface area (Å²) in [6.45, 7) is 1.98. The van der Waals surface area contributed by atoms with E-state index in [1.807, 2.05) is 0 Å². The summed E-state index contributed by atoms with van der Waals surface area (Å²) in [4.78, 5) is 34.7. The summed E-state index contributed by atoms with van der Waals surface area (Å²) < 4.78 is 1.39. The zero-order chi connectivity index (χ0) is 18.6. The molecule has 1 aromatic heterocycles. The van der Waals surface area contributed by atoms with E-state index >= 15 is 0 Å². The first kappa shape index (κ1) is 18.0. The lowest BCUT2D eigenvalue weighted by molar-refractivity contribution is -0.384. The Hall–Kier alpha value is -3.34. The number of hydrogen-bond donors (Lipinski definition) is 2. The lowest BCUT2D eigenvalue weighted by Gasteiger charge is -2.17. The van der Waals surface area contributed by atoms with Crippen LogP contribution in [0, 0.1) is 22.5 Å². The van der Waals surface area contributed by atoms with Crippen molar-refractivity contribution in [3.05, 3.63) is 44.7 Å². The maximum atomic E-state index is 12.1. The van der Waals surface area contributed by atoms with E-state index in [9.17, 15) is 19.7 Å². The number of aryl methyl sites for hydroxylation is 1. The largest absolute Gasteiger partial charge is 0.373 e. The van der Waals surface area contributed by atoms with Crippen molar-refractivity contribution in [1.29, 1.82) is 0 Å². The molecule has 2 aromatic rings. The molecule has 8 heteroatoms. The second-order valence-corrected chi connectivity index (χ2v) is 5.53. The Balaban J connectivity index is 2.39. The number of carbonyl (C=O) groups excluding carboxylic acids is 1. The third-order valence-corrected chi connectivity index (χ3v) is 3.77. The number of nitro benzene ring substituents is 1. The van der Waals surface area contributed by atoms with Crippen molar-refractivity contribution >= 4 is 28.2 Å². The normalized spacial score (nSPS) is 11.6. The van der Waals surface area contributed by atoms with Crippen LogP contribution in [-0.4, -0.2) is 28.0 Å². The molecule has 8 nitrogen and oxygen atoms in total. The second kappa shape index (κ2) is 7.49. The lowest BCUT2D eigenvalue weighted by atomic mass is 10.1. The van der Waals surface area contributed by atoms with Crippen LogP contribution in [0.5, 0.6) is 0 Å². The van der Waals surface area contributed by atoms with Gasteiger partial charge in [-0.1, -0.05) is 0 Å². The molecule has 1 unspecified atom stereocenters. The van der Waals surface area contributed by atoms with Crippen molar-refractivity contribution < 1.29 is 9.72 Å². The molecule has 0 spiro atoms. The molecule has 1 atom stereocenters. The standard InChI is InChI=1S/C17H18N4O4/c1-4-5-8-18-17(23)11(2)19-14-10-16(22)20(3)15-7-6-12(21(24)25)9-13(14)15/h1,6-7,9-11,19H,5,8H2,2-3H3,(H,18,23). The Kier molecular flexibility index (Phi) is 5.39. The van der Waals surface area contributed by atoms with Gasteiger partial charge in [0.1, 0.15) is 6.04 Å². The molecule has 1 amide bonds. The summed E-state index contributed by atoms with van der Waals surface area (Å²) in [5, 5.41) is 17.1. The number of non-ortho nitro benzene ring substituents is 1. The van der Waals surface area contributed by atoms with Crippen molar-refractivity contribution in [3.8, 4) is 12.3 Å². The van der Waals surface area contributed by atoms with Gasteiger partial charge in [-0.2, -0.15) is 0 Å². The molecule has 1 aromatic carbocycles. The van der Waals surface area contributed by atoms with Gasteiger partial charge < -0.3 is 15.2 Å². The van der Waals surface area contributed by atoms with Crippen molar-refractivity contribution in [1.82, 2.24) is 9.88 Å². The monoisotopic (exact) mass is 342 g/mol. The molecule has 2 N–H and O–H groups in total. The number of anilines is 1. The summed E-state index contributed by atoms with van der Waals surface area (Å²) in [5.41, 5.74) is 0.506. The minimum Gasteiger partial charge on any atom is -0.373 e.